The highest BCUT2D eigenvalue weighted by Gasteiger charge is 2.28. The third kappa shape index (κ3) is 3.20. The Bertz CT molecular complexity index is 541. The summed E-state index contributed by atoms with van der Waals surface area (Å²) in [5.41, 5.74) is 0.766. The molecule has 1 fully saturated rings. The molecule has 112 valence electrons. The van der Waals surface area contributed by atoms with Crippen molar-refractivity contribution in [2.75, 3.05) is 30.3 Å². The van der Waals surface area contributed by atoms with E-state index in [-0.39, 0.29) is 18.4 Å². The Hall–Kier alpha value is -1.56. The van der Waals surface area contributed by atoms with Crippen LogP contribution in [0.4, 0.5) is 5.69 Å². The van der Waals surface area contributed by atoms with E-state index in [1.165, 1.54) is 24.6 Å². The quantitative estimate of drug-likeness (QED) is 0.838. The number of pyridine rings is 1. The van der Waals surface area contributed by atoms with Gasteiger partial charge in [0.1, 0.15) is 11.6 Å². The zero-order chi connectivity index (χ0) is 14.7. The molecule has 0 spiro atoms. The largest absolute Gasteiger partial charge is 0.341 e. The predicted molar refractivity (Wildman–Crippen MR) is 82.4 cm³/mol. The molecule has 0 atom stereocenters. The second-order valence-electron chi connectivity index (χ2n) is 5.39. The Morgan fingerprint density at radius 3 is 2.76 bits per heavy atom. The summed E-state index contributed by atoms with van der Waals surface area (Å²) in [6.45, 7) is 1.77. The maximum absolute atomic E-state index is 12.5. The number of likely N-dealkylation sites (tertiary alicyclic amines) is 1. The summed E-state index contributed by atoms with van der Waals surface area (Å²) >= 11 is 1.44. The van der Waals surface area contributed by atoms with Crippen LogP contribution in [0.2, 0.25) is 0 Å². The topological polar surface area (TPSA) is 53.5 Å². The molecule has 0 radical (unpaired) electrons. The molecule has 2 aliphatic rings. The lowest BCUT2D eigenvalue weighted by Gasteiger charge is -2.30. The third-order valence-corrected chi connectivity index (χ3v) is 4.91. The molecule has 0 unspecified atom stereocenters. The number of nitrogens with zero attached hydrogens (tertiary/aromatic N) is 3. The molecule has 0 aromatic carbocycles. The summed E-state index contributed by atoms with van der Waals surface area (Å²) in [5, 5.41) is 0.834. The number of amides is 2. The Labute approximate surface area is 128 Å². The minimum atomic E-state index is -0.0105. The van der Waals surface area contributed by atoms with E-state index in [4.69, 9.17) is 0 Å². The maximum atomic E-state index is 12.5. The third-order valence-electron chi connectivity index (χ3n) is 3.93. The van der Waals surface area contributed by atoms with E-state index < -0.39 is 0 Å². The summed E-state index contributed by atoms with van der Waals surface area (Å²) in [4.78, 5) is 32.4. The molecule has 1 aromatic rings. The average molecular weight is 305 g/mol. The van der Waals surface area contributed by atoms with Crippen LogP contribution in [-0.2, 0) is 9.59 Å². The van der Waals surface area contributed by atoms with Crippen LogP contribution in [0.5, 0.6) is 0 Å². The van der Waals surface area contributed by atoms with E-state index in [0.29, 0.717) is 5.75 Å². The van der Waals surface area contributed by atoms with Gasteiger partial charge in [-0.05, 0) is 25.0 Å². The van der Waals surface area contributed by atoms with E-state index in [1.54, 1.807) is 17.2 Å². The van der Waals surface area contributed by atoms with Gasteiger partial charge < -0.3 is 4.90 Å². The molecule has 6 heteroatoms. The van der Waals surface area contributed by atoms with Crippen molar-refractivity contribution in [2.45, 2.75) is 30.7 Å². The SMILES string of the molecule is O=C(CN1C(=O)CSc2ncccc21)N1CCCCCC1. The second kappa shape index (κ2) is 6.47. The van der Waals surface area contributed by atoms with Crippen molar-refractivity contribution in [3.8, 4) is 0 Å². The van der Waals surface area contributed by atoms with Gasteiger partial charge in [-0.3, -0.25) is 14.5 Å². The molecular formula is C15H19N3O2S. The Balaban J connectivity index is 1.74. The molecule has 0 saturated carbocycles. The van der Waals surface area contributed by atoms with Gasteiger partial charge in [-0.2, -0.15) is 0 Å². The summed E-state index contributed by atoms with van der Waals surface area (Å²) in [6, 6.07) is 3.67. The lowest BCUT2D eigenvalue weighted by atomic mass is 10.2. The molecule has 0 bridgehead atoms. The number of carbonyl (C=O) groups excluding carboxylic acids is 2. The fourth-order valence-electron chi connectivity index (χ4n) is 2.77. The lowest BCUT2D eigenvalue weighted by Crippen LogP contribution is -2.45. The average Bonchev–Trinajstić information content (AvgIpc) is 2.79. The number of anilines is 1. The van der Waals surface area contributed by atoms with Crippen molar-refractivity contribution >= 4 is 29.3 Å². The van der Waals surface area contributed by atoms with Gasteiger partial charge in [-0.15, -0.1) is 0 Å². The molecular weight excluding hydrogens is 286 g/mol. The molecule has 0 N–H and O–H groups in total. The van der Waals surface area contributed by atoms with Crippen LogP contribution in [0.3, 0.4) is 0 Å². The number of aromatic nitrogens is 1. The van der Waals surface area contributed by atoms with Crippen LogP contribution in [0.15, 0.2) is 23.4 Å². The van der Waals surface area contributed by atoms with Crippen LogP contribution in [-0.4, -0.2) is 47.1 Å². The number of hydrogen-bond donors (Lipinski definition) is 0. The normalized spacial score (nSPS) is 19.1. The van der Waals surface area contributed by atoms with Gasteiger partial charge in [0.2, 0.25) is 11.8 Å². The highest BCUT2D eigenvalue weighted by molar-refractivity contribution is 8.00. The van der Waals surface area contributed by atoms with Gasteiger partial charge >= 0.3 is 0 Å². The van der Waals surface area contributed by atoms with Crippen molar-refractivity contribution < 1.29 is 9.59 Å². The molecule has 3 heterocycles. The first-order chi connectivity index (χ1) is 10.3. The molecule has 2 amide bonds. The van der Waals surface area contributed by atoms with E-state index in [1.807, 2.05) is 11.0 Å². The van der Waals surface area contributed by atoms with Gasteiger partial charge in [-0.25, -0.2) is 4.98 Å². The van der Waals surface area contributed by atoms with E-state index in [0.717, 1.165) is 36.6 Å². The highest BCUT2D eigenvalue weighted by atomic mass is 32.2. The Morgan fingerprint density at radius 2 is 2.00 bits per heavy atom. The Kier molecular flexibility index (Phi) is 4.43. The smallest absolute Gasteiger partial charge is 0.242 e. The number of rotatable bonds is 2. The van der Waals surface area contributed by atoms with Gasteiger partial charge in [0.05, 0.1) is 11.4 Å². The highest BCUT2D eigenvalue weighted by Crippen LogP contribution is 2.32. The minimum absolute atomic E-state index is 0.0105. The van der Waals surface area contributed by atoms with Crippen molar-refractivity contribution in [2.24, 2.45) is 0 Å². The van der Waals surface area contributed by atoms with Gasteiger partial charge in [0, 0.05) is 19.3 Å². The first-order valence-electron chi connectivity index (χ1n) is 7.41. The fourth-order valence-corrected chi connectivity index (χ4v) is 3.65. The van der Waals surface area contributed by atoms with Crippen LogP contribution >= 0.6 is 11.8 Å². The first kappa shape index (κ1) is 14.4. The first-order valence-corrected chi connectivity index (χ1v) is 8.40. The van der Waals surface area contributed by atoms with E-state index >= 15 is 0 Å². The number of fused-ring (bicyclic) bond motifs is 1. The molecule has 2 aliphatic heterocycles. The van der Waals surface area contributed by atoms with Crippen LogP contribution in [0.25, 0.3) is 0 Å². The van der Waals surface area contributed by atoms with Crippen molar-refractivity contribution in [3.63, 3.8) is 0 Å². The molecule has 21 heavy (non-hydrogen) atoms. The Morgan fingerprint density at radius 1 is 1.24 bits per heavy atom. The predicted octanol–water partition coefficient (Wildman–Crippen LogP) is 1.92. The summed E-state index contributed by atoms with van der Waals surface area (Å²) in [5.74, 6) is 0.396. The number of carbonyl (C=O) groups is 2. The van der Waals surface area contributed by atoms with Crippen molar-refractivity contribution in [1.82, 2.24) is 9.88 Å². The zero-order valence-electron chi connectivity index (χ0n) is 12.0. The number of hydrogen-bond acceptors (Lipinski definition) is 4. The standard InChI is InChI=1S/C15H19N3O2S/c19-13(17-8-3-1-2-4-9-17)10-18-12-6-5-7-16-15(12)21-11-14(18)20/h5-7H,1-4,8-11H2. The molecule has 5 nitrogen and oxygen atoms in total. The molecule has 0 aliphatic carbocycles. The molecule has 3 rings (SSSR count). The second-order valence-corrected chi connectivity index (χ2v) is 6.36. The number of thioether (sulfide) groups is 1. The summed E-state index contributed by atoms with van der Waals surface area (Å²) < 4.78 is 0. The van der Waals surface area contributed by atoms with Gasteiger partial charge in [-0.1, -0.05) is 24.6 Å². The van der Waals surface area contributed by atoms with Crippen molar-refractivity contribution in [1.29, 1.82) is 0 Å². The van der Waals surface area contributed by atoms with Gasteiger partial charge in [0.25, 0.3) is 0 Å². The minimum Gasteiger partial charge on any atom is -0.341 e. The zero-order valence-corrected chi connectivity index (χ0v) is 12.8. The lowest BCUT2D eigenvalue weighted by molar-refractivity contribution is -0.131. The van der Waals surface area contributed by atoms with Crippen LogP contribution in [0.1, 0.15) is 25.7 Å². The van der Waals surface area contributed by atoms with Crippen LogP contribution < -0.4 is 4.90 Å². The van der Waals surface area contributed by atoms with Gasteiger partial charge in [0.15, 0.2) is 0 Å². The molecule has 1 aromatic heterocycles. The molecule has 1 saturated heterocycles. The monoisotopic (exact) mass is 305 g/mol. The summed E-state index contributed by atoms with van der Waals surface area (Å²) in [7, 11) is 0. The van der Waals surface area contributed by atoms with E-state index in [9.17, 15) is 9.59 Å². The van der Waals surface area contributed by atoms with Crippen LogP contribution in [0, 0.1) is 0 Å². The van der Waals surface area contributed by atoms with Crippen molar-refractivity contribution in [3.05, 3.63) is 18.3 Å². The maximum Gasteiger partial charge on any atom is 0.242 e. The fraction of sp³-hybridized carbons (Fsp3) is 0.533. The van der Waals surface area contributed by atoms with E-state index in [2.05, 4.69) is 4.98 Å². The summed E-state index contributed by atoms with van der Waals surface area (Å²) in [6.07, 6.45) is 6.23.